The fraction of sp³-hybridized carbons (Fsp3) is 0.0426. The Morgan fingerprint density at radius 1 is 0.346 bits per heavy atom. The summed E-state index contributed by atoms with van der Waals surface area (Å²) in [5, 5.41) is 2.33. The molecule has 6 aromatic carbocycles. The Morgan fingerprint density at radius 2 is 0.904 bits per heavy atom. The molecule has 0 spiro atoms. The van der Waals surface area contributed by atoms with E-state index in [1.165, 1.54) is 5.39 Å². The summed E-state index contributed by atoms with van der Waals surface area (Å²) in [5.41, 5.74) is 10.1. The van der Waals surface area contributed by atoms with Gasteiger partial charge < -0.3 is 0 Å². The van der Waals surface area contributed by atoms with Gasteiger partial charge in [-0.3, -0.25) is 0 Å². The highest BCUT2D eigenvalue weighted by Gasteiger charge is 2.15. The van der Waals surface area contributed by atoms with Gasteiger partial charge in [0.2, 0.25) is 0 Å². The van der Waals surface area contributed by atoms with E-state index >= 15 is 0 Å². The van der Waals surface area contributed by atoms with Crippen molar-refractivity contribution in [3.05, 3.63) is 182 Å². The molecule has 2 heterocycles. The molecule has 246 valence electrons. The van der Waals surface area contributed by atoms with Crippen LogP contribution < -0.4 is 0 Å². The van der Waals surface area contributed by atoms with E-state index < -0.39 is 0 Å². The monoisotopic (exact) mass is 667 g/mol. The van der Waals surface area contributed by atoms with Gasteiger partial charge in [-0.05, 0) is 58.5 Å². The van der Waals surface area contributed by atoms with E-state index in [1.54, 1.807) is 0 Å². The number of aromatic nitrogens is 5. The second kappa shape index (κ2) is 13.8. The third kappa shape index (κ3) is 6.43. The highest BCUT2D eigenvalue weighted by Crippen LogP contribution is 2.32. The molecule has 52 heavy (non-hydrogen) atoms. The zero-order valence-corrected chi connectivity index (χ0v) is 28.4. The molecule has 1 aliphatic carbocycles. The predicted octanol–water partition coefficient (Wildman–Crippen LogP) is 11.6. The van der Waals surface area contributed by atoms with Crippen molar-refractivity contribution in [1.29, 1.82) is 0 Å². The third-order valence-electron chi connectivity index (χ3n) is 9.41. The fourth-order valence-electron chi connectivity index (χ4n) is 6.63. The molecule has 0 aliphatic heterocycles. The van der Waals surface area contributed by atoms with E-state index in [9.17, 15) is 0 Å². The van der Waals surface area contributed by atoms with Gasteiger partial charge in [-0.15, -0.1) is 0 Å². The van der Waals surface area contributed by atoms with Crippen LogP contribution in [0.15, 0.2) is 176 Å². The number of benzene rings is 6. The molecule has 0 fully saturated rings. The summed E-state index contributed by atoms with van der Waals surface area (Å²) in [4.78, 5) is 25.0. The number of hydrogen-bond acceptors (Lipinski definition) is 5. The zero-order valence-electron chi connectivity index (χ0n) is 28.4. The maximum Gasteiger partial charge on any atom is 0.164 e. The Labute approximate surface area is 302 Å². The minimum atomic E-state index is 0.631. The average molecular weight is 668 g/mol. The Morgan fingerprint density at radius 3 is 1.62 bits per heavy atom. The Bertz CT molecular complexity index is 2610. The van der Waals surface area contributed by atoms with Gasteiger partial charge in [0, 0.05) is 27.8 Å². The second-order valence-corrected chi connectivity index (χ2v) is 12.9. The van der Waals surface area contributed by atoms with Gasteiger partial charge in [0.1, 0.15) is 0 Å². The van der Waals surface area contributed by atoms with Crippen molar-refractivity contribution >= 4 is 16.3 Å². The molecule has 8 aromatic rings. The van der Waals surface area contributed by atoms with Crippen molar-refractivity contribution in [3.8, 4) is 67.8 Å². The van der Waals surface area contributed by atoms with Gasteiger partial charge in [-0.2, -0.15) is 0 Å². The lowest BCUT2D eigenvalue weighted by Gasteiger charge is -2.13. The third-order valence-corrected chi connectivity index (χ3v) is 9.41. The molecule has 2 aromatic heterocycles. The molecular weight excluding hydrogens is 635 g/mol. The first-order chi connectivity index (χ1) is 25.7. The first kappa shape index (κ1) is 31.2. The topological polar surface area (TPSA) is 64.5 Å². The van der Waals surface area contributed by atoms with Crippen molar-refractivity contribution in [2.75, 3.05) is 0 Å². The normalized spacial score (nSPS) is 12.5. The van der Waals surface area contributed by atoms with Gasteiger partial charge >= 0.3 is 0 Å². The highest BCUT2D eigenvalue weighted by molar-refractivity contribution is 5.87. The van der Waals surface area contributed by atoms with E-state index in [4.69, 9.17) is 24.9 Å². The molecule has 0 radical (unpaired) electrons. The molecule has 0 saturated heterocycles. The molecule has 0 atom stereocenters. The highest BCUT2D eigenvalue weighted by atomic mass is 15.0. The van der Waals surface area contributed by atoms with Crippen molar-refractivity contribution in [1.82, 2.24) is 24.9 Å². The molecular formula is C47H33N5. The molecule has 1 aliphatic rings. The molecule has 9 rings (SSSR count). The van der Waals surface area contributed by atoms with E-state index in [-0.39, 0.29) is 0 Å². The molecule has 0 amide bonds. The van der Waals surface area contributed by atoms with Crippen molar-refractivity contribution in [3.63, 3.8) is 0 Å². The van der Waals surface area contributed by atoms with E-state index in [2.05, 4.69) is 127 Å². The van der Waals surface area contributed by atoms with Crippen LogP contribution in [0, 0.1) is 0 Å². The maximum atomic E-state index is 5.09. The first-order valence-corrected chi connectivity index (χ1v) is 17.6. The van der Waals surface area contributed by atoms with Crippen molar-refractivity contribution in [2.45, 2.75) is 12.8 Å². The minimum Gasteiger partial charge on any atom is -0.228 e. The molecule has 5 nitrogen and oxygen atoms in total. The number of hydrogen-bond donors (Lipinski definition) is 0. The summed E-state index contributed by atoms with van der Waals surface area (Å²) in [6.07, 6.45) is 8.35. The first-order valence-electron chi connectivity index (χ1n) is 17.6. The summed E-state index contributed by atoms with van der Waals surface area (Å²) in [6, 6.07) is 54.2. The van der Waals surface area contributed by atoms with E-state index in [0.717, 1.165) is 80.0 Å². The van der Waals surface area contributed by atoms with Crippen LogP contribution in [0.2, 0.25) is 0 Å². The van der Waals surface area contributed by atoms with Crippen LogP contribution in [-0.2, 0) is 0 Å². The van der Waals surface area contributed by atoms with Crippen LogP contribution in [0.3, 0.4) is 0 Å². The lowest BCUT2D eigenvalue weighted by Crippen LogP contribution is -2.00. The molecule has 0 unspecified atom stereocenters. The molecule has 0 bridgehead atoms. The minimum absolute atomic E-state index is 0.631. The molecule has 5 heteroatoms. The van der Waals surface area contributed by atoms with Gasteiger partial charge in [-0.25, -0.2) is 24.9 Å². The van der Waals surface area contributed by atoms with Crippen LogP contribution in [-0.4, -0.2) is 24.9 Å². The maximum absolute atomic E-state index is 5.09. The molecule has 0 saturated carbocycles. The Hall–Kier alpha value is -6.85. The summed E-state index contributed by atoms with van der Waals surface area (Å²) < 4.78 is 0. The van der Waals surface area contributed by atoms with Crippen LogP contribution in [0.5, 0.6) is 0 Å². The summed E-state index contributed by atoms with van der Waals surface area (Å²) in [5.74, 6) is 2.70. The standard InChI is InChI=1S/C47H33N5/c1-4-14-34(15-5-1)42-31-43(49-44(48-42)35-16-6-2-7-17-35)40-22-12-21-39(29-40)33-23-26-37(27-24-33)46-50-45(36-18-8-3-9-19-36)51-47(52-46)41-28-25-32-13-10-11-20-38(32)30-41/h1-6,8-16,18-31H,7,17H2. The van der Waals surface area contributed by atoms with E-state index in [0.29, 0.717) is 17.5 Å². The quantitative estimate of drug-likeness (QED) is 0.169. The van der Waals surface area contributed by atoms with Gasteiger partial charge in [-0.1, -0.05) is 158 Å². The lowest BCUT2D eigenvalue weighted by molar-refractivity contribution is 1.01. The number of fused-ring (bicyclic) bond motifs is 1. The smallest absolute Gasteiger partial charge is 0.164 e. The van der Waals surface area contributed by atoms with Gasteiger partial charge in [0.25, 0.3) is 0 Å². The largest absolute Gasteiger partial charge is 0.228 e. The summed E-state index contributed by atoms with van der Waals surface area (Å²) in [7, 11) is 0. The van der Waals surface area contributed by atoms with Crippen LogP contribution in [0.4, 0.5) is 0 Å². The number of rotatable bonds is 7. The predicted molar refractivity (Wildman–Crippen MR) is 212 cm³/mol. The van der Waals surface area contributed by atoms with Gasteiger partial charge in [0.05, 0.1) is 11.4 Å². The second-order valence-electron chi connectivity index (χ2n) is 12.9. The van der Waals surface area contributed by atoms with Crippen LogP contribution >= 0.6 is 0 Å². The summed E-state index contributed by atoms with van der Waals surface area (Å²) >= 11 is 0. The lowest BCUT2D eigenvalue weighted by atomic mass is 9.99. The Kier molecular flexibility index (Phi) is 8.27. The zero-order chi connectivity index (χ0) is 34.7. The van der Waals surface area contributed by atoms with E-state index in [1.807, 2.05) is 48.5 Å². The van der Waals surface area contributed by atoms with Crippen molar-refractivity contribution in [2.24, 2.45) is 0 Å². The fourth-order valence-corrected chi connectivity index (χ4v) is 6.63. The van der Waals surface area contributed by atoms with Crippen LogP contribution in [0.25, 0.3) is 84.2 Å². The van der Waals surface area contributed by atoms with Gasteiger partial charge in [0.15, 0.2) is 23.3 Å². The summed E-state index contributed by atoms with van der Waals surface area (Å²) in [6.45, 7) is 0. The molecule has 0 N–H and O–H groups in total. The number of nitrogens with zero attached hydrogens (tertiary/aromatic N) is 5. The average Bonchev–Trinajstić information content (AvgIpc) is 3.24. The van der Waals surface area contributed by atoms with Crippen LogP contribution in [0.1, 0.15) is 18.7 Å². The number of allylic oxidation sites excluding steroid dienone is 4. The Balaban J connectivity index is 1.08. The van der Waals surface area contributed by atoms with Crippen molar-refractivity contribution < 1.29 is 0 Å². The SMILES string of the molecule is C1=CCCC(c2nc(-c3ccccc3)cc(-c3cccc(-c4ccc(-c5nc(-c6ccccc6)nc(-c6ccc7ccccc7c6)n5)cc4)c3)n2)=C1.